The Morgan fingerprint density at radius 2 is 2.00 bits per heavy atom. The van der Waals surface area contributed by atoms with Crippen molar-refractivity contribution >= 4 is 45.2 Å². The lowest BCUT2D eigenvalue weighted by Crippen LogP contribution is -2.19. The first-order valence-corrected chi connectivity index (χ1v) is 5.80. The molecule has 1 rings (SSSR count). The zero-order valence-electron chi connectivity index (χ0n) is 7.11. The second-order valence-electron chi connectivity index (χ2n) is 2.47. The largest absolute Gasteiger partial charge is 0.573 e. The molecule has 0 aliphatic rings. The zero-order chi connectivity index (χ0) is 11.6. The third-order valence-corrected chi connectivity index (χ3v) is 4.23. The van der Waals surface area contributed by atoms with E-state index in [1.807, 2.05) is 22.6 Å². The van der Waals surface area contributed by atoms with Crippen molar-refractivity contribution in [2.75, 3.05) is 0 Å². The molecular formula is C7H5F3I2N2O. The predicted molar refractivity (Wildman–Crippen MR) is 64.2 cm³/mol. The Labute approximate surface area is 111 Å². The van der Waals surface area contributed by atoms with E-state index in [-0.39, 0.29) is 12.3 Å². The molecule has 0 aliphatic heterocycles. The number of alkyl halides is 3. The van der Waals surface area contributed by atoms with E-state index in [9.17, 15) is 13.2 Å². The summed E-state index contributed by atoms with van der Waals surface area (Å²) in [4.78, 5) is 3.99. The molecule has 1 aromatic heterocycles. The van der Waals surface area contributed by atoms with Crippen molar-refractivity contribution in [3.8, 4) is 5.75 Å². The van der Waals surface area contributed by atoms with Crippen LogP contribution in [-0.4, -0.2) is 11.3 Å². The molecule has 0 aliphatic carbocycles. The lowest BCUT2D eigenvalue weighted by molar-refractivity contribution is -0.275. The molecule has 0 radical (unpaired) electrons. The molecule has 0 unspecified atom stereocenters. The number of nitrogens with zero attached hydrogens (tertiary/aromatic N) is 1. The van der Waals surface area contributed by atoms with E-state index in [4.69, 9.17) is 5.73 Å². The molecule has 0 fully saturated rings. The third-order valence-electron chi connectivity index (χ3n) is 1.37. The number of hydrogen-bond donors (Lipinski definition) is 1. The second kappa shape index (κ2) is 4.99. The number of nitrogens with two attached hydrogens (primary N) is 1. The van der Waals surface area contributed by atoms with Crippen LogP contribution in [0.3, 0.4) is 0 Å². The Kier molecular flexibility index (Phi) is 4.40. The van der Waals surface area contributed by atoms with Gasteiger partial charge in [-0.1, -0.05) is 0 Å². The van der Waals surface area contributed by atoms with Gasteiger partial charge in [-0.25, -0.2) is 4.98 Å². The standard InChI is InChI=1S/C7H5F3I2N2O/c8-7(9,10)15-4-1-3(2-13)14-6(12)5(4)11/h1H,2,13H2. The number of ether oxygens (including phenoxy) is 1. The van der Waals surface area contributed by atoms with E-state index in [1.54, 1.807) is 22.6 Å². The van der Waals surface area contributed by atoms with Crippen molar-refractivity contribution in [3.63, 3.8) is 0 Å². The minimum absolute atomic E-state index is 0.0706. The van der Waals surface area contributed by atoms with Crippen LogP contribution in [0.15, 0.2) is 6.07 Å². The number of hydrogen-bond acceptors (Lipinski definition) is 3. The summed E-state index contributed by atoms with van der Waals surface area (Å²) in [5.74, 6) is -0.261. The Bertz CT molecular complexity index is 370. The van der Waals surface area contributed by atoms with E-state index in [0.717, 1.165) is 0 Å². The van der Waals surface area contributed by atoms with Gasteiger partial charge < -0.3 is 10.5 Å². The van der Waals surface area contributed by atoms with Gasteiger partial charge in [0, 0.05) is 12.6 Å². The van der Waals surface area contributed by atoms with Gasteiger partial charge in [-0.2, -0.15) is 0 Å². The van der Waals surface area contributed by atoms with Crippen LogP contribution in [0.25, 0.3) is 0 Å². The molecule has 1 heterocycles. The molecule has 0 spiro atoms. The summed E-state index contributed by atoms with van der Waals surface area (Å²) < 4.78 is 40.6. The lowest BCUT2D eigenvalue weighted by Gasteiger charge is -2.12. The Balaban J connectivity index is 3.11. The first-order chi connectivity index (χ1) is 6.83. The Morgan fingerprint density at radius 3 is 2.47 bits per heavy atom. The fourth-order valence-electron chi connectivity index (χ4n) is 0.827. The fourth-order valence-corrected chi connectivity index (χ4v) is 1.79. The van der Waals surface area contributed by atoms with Crippen molar-refractivity contribution in [2.45, 2.75) is 12.9 Å². The number of pyridine rings is 1. The van der Waals surface area contributed by atoms with Crippen LogP contribution in [0, 0.1) is 7.27 Å². The predicted octanol–water partition coefficient (Wildman–Crippen LogP) is 2.65. The van der Waals surface area contributed by atoms with Crippen LogP contribution in [0.5, 0.6) is 5.75 Å². The first-order valence-electron chi connectivity index (χ1n) is 3.64. The van der Waals surface area contributed by atoms with Crippen molar-refractivity contribution < 1.29 is 17.9 Å². The van der Waals surface area contributed by atoms with E-state index in [1.165, 1.54) is 6.07 Å². The SMILES string of the molecule is NCc1cc(OC(F)(F)F)c(I)c(I)n1. The highest BCUT2D eigenvalue weighted by Crippen LogP contribution is 2.30. The summed E-state index contributed by atoms with van der Waals surface area (Å²) in [6, 6.07) is 1.19. The smallest absolute Gasteiger partial charge is 0.404 e. The van der Waals surface area contributed by atoms with Crippen molar-refractivity contribution in [3.05, 3.63) is 19.0 Å². The number of aromatic nitrogens is 1. The summed E-state index contributed by atoms with van der Waals surface area (Å²) in [6.45, 7) is 0.0706. The number of rotatable bonds is 2. The molecule has 0 saturated heterocycles. The van der Waals surface area contributed by atoms with Gasteiger partial charge in [-0.3, -0.25) is 0 Å². The average molecular weight is 444 g/mol. The molecule has 8 heteroatoms. The van der Waals surface area contributed by atoms with Gasteiger partial charge in [0.25, 0.3) is 0 Å². The molecule has 84 valence electrons. The minimum Gasteiger partial charge on any atom is -0.404 e. The topological polar surface area (TPSA) is 48.1 Å². The minimum atomic E-state index is -4.70. The van der Waals surface area contributed by atoms with E-state index in [0.29, 0.717) is 13.0 Å². The number of halogens is 5. The highest BCUT2D eigenvalue weighted by molar-refractivity contribution is 14.1. The van der Waals surface area contributed by atoms with Crippen LogP contribution in [0.1, 0.15) is 5.69 Å². The van der Waals surface area contributed by atoms with Gasteiger partial charge in [-0.15, -0.1) is 13.2 Å². The normalized spacial score (nSPS) is 11.6. The van der Waals surface area contributed by atoms with Gasteiger partial charge in [0.1, 0.15) is 9.45 Å². The lowest BCUT2D eigenvalue weighted by atomic mass is 10.3. The van der Waals surface area contributed by atoms with E-state index < -0.39 is 6.36 Å². The molecule has 3 nitrogen and oxygen atoms in total. The van der Waals surface area contributed by atoms with Gasteiger partial charge in [-0.05, 0) is 45.2 Å². The van der Waals surface area contributed by atoms with Crippen LogP contribution < -0.4 is 10.5 Å². The van der Waals surface area contributed by atoms with Gasteiger partial charge in [0.2, 0.25) is 0 Å². The molecule has 0 saturated carbocycles. The van der Waals surface area contributed by atoms with E-state index >= 15 is 0 Å². The molecule has 0 amide bonds. The van der Waals surface area contributed by atoms with Crippen LogP contribution >= 0.6 is 45.2 Å². The molecule has 1 aromatic rings. The molecule has 0 aromatic carbocycles. The van der Waals surface area contributed by atoms with Gasteiger partial charge >= 0.3 is 6.36 Å². The first kappa shape index (κ1) is 13.2. The summed E-state index contributed by atoms with van der Waals surface area (Å²) in [7, 11) is 0. The molecule has 2 N–H and O–H groups in total. The fraction of sp³-hybridized carbons (Fsp3) is 0.286. The summed E-state index contributed by atoms with van der Waals surface area (Å²) in [6.07, 6.45) is -4.70. The van der Waals surface area contributed by atoms with Gasteiger partial charge in [0.05, 0.1) is 9.26 Å². The van der Waals surface area contributed by atoms with Crippen LogP contribution in [0.2, 0.25) is 0 Å². The van der Waals surface area contributed by atoms with Crippen molar-refractivity contribution in [1.82, 2.24) is 4.98 Å². The van der Waals surface area contributed by atoms with E-state index in [2.05, 4.69) is 9.72 Å². The Hall–Kier alpha value is 0.160. The highest BCUT2D eigenvalue weighted by atomic mass is 127. The molecular weight excluding hydrogens is 439 g/mol. The third kappa shape index (κ3) is 3.90. The molecule has 0 bridgehead atoms. The van der Waals surface area contributed by atoms with Crippen LogP contribution in [-0.2, 0) is 6.54 Å². The summed E-state index contributed by atoms with van der Waals surface area (Å²) >= 11 is 3.57. The van der Waals surface area contributed by atoms with Gasteiger partial charge in [0.15, 0.2) is 0 Å². The van der Waals surface area contributed by atoms with Crippen LogP contribution in [0.4, 0.5) is 13.2 Å². The summed E-state index contributed by atoms with van der Waals surface area (Å²) in [5, 5.41) is 0. The monoisotopic (exact) mass is 444 g/mol. The Morgan fingerprint density at radius 1 is 1.40 bits per heavy atom. The molecule has 15 heavy (non-hydrogen) atoms. The average Bonchev–Trinajstić information content (AvgIpc) is 2.10. The maximum atomic E-state index is 12.0. The molecule has 0 atom stereocenters. The zero-order valence-corrected chi connectivity index (χ0v) is 11.4. The maximum absolute atomic E-state index is 12.0. The summed E-state index contributed by atoms with van der Waals surface area (Å²) in [5.41, 5.74) is 5.66. The van der Waals surface area contributed by atoms with Crippen molar-refractivity contribution in [2.24, 2.45) is 5.73 Å². The second-order valence-corrected chi connectivity index (χ2v) is 4.57. The van der Waals surface area contributed by atoms with Crippen molar-refractivity contribution in [1.29, 1.82) is 0 Å². The quantitative estimate of drug-likeness (QED) is 0.564. The maximum Gasteiger partial charge on any atom is 0.573 e. The highest BCUT2D eigenvalue weighted by Gasteiger charge is 2.32.